The molecule has 5 nitrogen and oxygen atoms in total. The van der Waals surface area contributed by atoms with Crippen molar-refractivity contribution in [2.45, 2.75) is 19.5 Å². The van der Waals surface area contributed by atoms with E-state index in [0.717, 1.165) is 22.7 Å². The number of nitrogens with zero attached hydrogens (tertiary/aromatic N) is 3. The molecular formula is C21H15F3N4OS. The molecule has 0 saturated carbocycles. The number of Topliss-reactive ketones (excluding diaryl/α,β-unsaturated/α-hetero) is 1. The monoisotopic (exact) mass is 428 g/mol. The van der Waals surface area contributed by atoms with Crippen LogP contribution in [-0.4, -0.2) is 20.7 Å². The summed E-state index contributed by atoms with van der Waals surface area (Å²) in [7, 11) is 0. The van der Waals surface area contributed by atoms with E-state index < -0.39 is 11.7 Å². The Bertz CT molecular complexity index is 1220. The molecule has 2 aromatic carbocycles. The lowest BCUT2D eigenvalue weighted by Crippen LogP contribution is -2.04. The van der Waals surface area contributed by atoms with Crippen LogP contribution >= 0.6 is 11.3 Å². The zero-order chi connectivity index (χ0) is 21.3. The van der Waals surface area contributed by atoms with Gasteiger partial charge in [0.25, 0.3) is 0 Å². The Morgan fingerprint density at radius 1 is 1.07 bits per heavy atom. The van der Waals surface area contributed by atoms with E-state index in [-0.39, 0.29) is 5.78 Å². The van der Waals surface area contributed by atoms with Crippen molar-refractivity contribution in [3.63, 3.8) is 0 Å². The van der Waals surface area contributed by atoms with Gasteiger partial charge in [-0.15, -0.1) is 0 Å². The zero-order valence-electron chi connectivity index (χ0n) is 15.7. The van der Waals surface area contributed by atoms with Gasteiger partial charge < -0.3 is 5.32 Å². The van der Waals surface area contributed by atoms with Gasteiger partial charge in [-0.2, -0.15) is 13.2 Å². The Morgan fingerprint density at radius 2 is 1.80 bits per heavy atom. The fourth-order valence-electron chi connectivity index (χ4n) is 3.02. The number of carbonyl (C=O) groups is 1. The number of anilines is 2. The second-order valence-electron chi connectivity index (χ2n) is 6.57. The van der Waals surface area contributed by atoms with Gasteiger partial charge >= 0.3 is 6.18 Å². The molecule has 4 rings (SSSR count). The Balaban J connectivity index is 1.62. The molecule has 9 heteroatoms. The third kappa shape index (κ3) is 4.16. The number of benzene rings is 2. The molecule has 0 saturated heterocycles. The van der Waals surface area contributed by atoms with Crippen LogP contribution in [-0.2, 0) is 12.6 Å². The first kappa shape index (κ1) is 20.0. The number of ketones is 1. The highest BCUT2D eigenvalue weighted by atomic mass is 32.1. The first-order valence-electron chi connectivity index (χ1n) is 8.95. The topological polar surface area (TPSA) is 67.8 Å². The normalized spacial score (nSPS) is 11.6. The fraction of sp³-hybridized carbons (Fsp3) is 0.143. The van der Waals surface area contributed by atoms with Crippen molar-refractivity contribution < 1.29 is 18.0 Å². The molecule has 0 fully saturated rings. The highest BCUT2D eigenvalue weighted by Gasteiger charge is 2.30. The molecule has 0 aliphatic heterocycles. The molecule has 4 aromatic rings. The second-order valence-corrected chi connectivity index (χ2v) is 7.64. The van der Waals surface area contributed by atoms with Crippen LogP contribution in [0.2, 0.25) is 0 Å². The Labute approximate surface area is 173 Å². The number of hydrogen-bond acceptors (Lipinski definition) is 6. The van der Waals surface area contributed by atoms with Gasteiger partial charge in [0, 0.05) is 17.7 Å². The van der Waals surface area contributed by atoms with Gasteiger partial charge in [0.1, 0.15) is 21.7 Å². The van der Waals surface area contributed by atoms with Crippen molar-refractivity contribution in [1.29, 1.82) is 0 Å². The van der Waals surface area contributed by atoms with Crippen LogP contribution in [0.5, 0.6) is 0 Å². The minimum Gasteiger partial charge on any atom is -0.338 e. The maximum Gasteiger partial charge on any atom is 0.416 e. The lowest BCUT2D eigenvalue weighted by atomic mass is 10.0. The molecular weight excluding hydrogens is 413 g/mol. The SMILES string of the molecule is CC(=O)c1ccccc1Cc1nc2c(Nc3ccc(C(F)(F)F)cc3)ncnc2s1. The molecule has 30 heavy (non-hydrogen) atoms. The van der Waals surface area contributed by atoms with E-state index in [1.165, 1.54) is 36.7 Å². The van der Waals surface area contributed by atoms with Crippen LogP contribution in [0.3, 0.4) is 0 Å². The third-order valence-electron chi connectivity index (χ3n) is 4.45. The summed E-state index contributed by atoms with van der Waals surface area (Å²) in [6.45, 7) is 1.52. The van der Waals surface area contributed by atoms with E-state index in [1.807, 2.05) is 18.2 Å². The molecule has 2 heterocycles. The van der Waals surface area contributed by atoms with Crippen molar-refractivity contribution in [2.75, 3.05) is 5.32 Å². The zero-order valence-corrected chi connectivity index (χ0v) is 16.5. The summed E-state index contributed by atoms with van der Waals surface area (Å²) < 4.78 is 38.2. The average molecular weight is 428 g/mol. The largest absolute Gasteiger partial charge is 0.416 e. The van der Waals surface area contributed by atoms with Crippen LogP contribution in [0, 0.1) is 0 Å². The maximum atomic E-state index is 12.7. The molecule has 0 aliphatic rings. The summed E-state index contributed by atoms with van der Waals surface area (Å²) >= 11 is 1.38. The highest BCUT2D eigenvalue weighted by molar-refractivity contribution is 7.18. The molecule has 0 unspecified atom stereocenters. The molecule has 0 atom stereocenters. The fourth-order valence-corrected chi connectivity index (χ4v) is 3.95. The second kappa shape index (κ2) is 7.83. The van der Waals surface area contributed by atoms with Crippen molar-refractivity contribution in [3.05, 3.63) is 76.6 Å². The Kier molecular flexibility index (Phi) is 5.21. The molecule has 0 aliphatic carbocycles. The average Bonchev–Trinajstić information content (AvgIpc) is 3.11. The number of hydrogen-bond donors (Lipinski definition) is 1. The Morgan fingerprint density at radius 3 is 2.50 bits per heavy atom. The quantitative estimate of drug-likeness (QED) is 0.417. The van der Waals surface area contributed by atoms with E-state index in [0.29, 0.717) is 33.8 Å². The molecule has 152 valence electrons. The van der Waals surface area contributed by atoms with E-state index in [2.05, 4.69) is 20.3 Å². The van der Waals surface area contributed by atoms with Gasteiger partial charge in [0.15, 0.2) is 11.6 Å². The molecule has 2 aromatic heterocycles. The number of aromatic nitrogens is 3. The van der Waals surface area contributed by atoms with Crippen LogP contribution in [0.25, 0.3) is 10.3 Å². The molecule has 0 radical (unpaired) electrons. The number of carbonyl (C=O) groups excluding carboxylic acids is 1. The van der Waals surface area contributed by atoms with E-state index in [9.17, 15) is 18.0 Å². The number of rotatable bonds is 5. The summed E-state index contributed by atoms with van der Waals surface area (Å²) in [5.41, 5.74) is 1.78. The molecule has 0 bridgehead atoms. The minimum absolute atomic E-state index is 0.0174. The van der Waals surface area contributed by atoms with Gasteiger partial charge in [-0.25, -0.2) is 15.0 Å². The summed E-state index contributed by atoms with van der Waals surface area (Å²) in [6.07, 6.45) is -2.54. The van der Waals surface area contributed by atoms with Crippen LogP contribution in [0.1, 0.15) is 33.4 Å². The van der Waals surface area contributed by atoms with Crippen LogP contribution < -0.4 is 5.32 Å². The van der Waals surface area contributed by atoms with Crippen LogP contribution in [0.15, 0.2) is 54.9 Å². The van der Waals surface area contributed by atoms with Gasteiger partial charge in [0.05, 0.1) is 5.56 Å². The summed E-state index contributed by atoms with van der Waals surface area (Å²) in [5.74, 6) is 0.387. The van der Waals surface area contributed by atoms with Crippen molar-refractivity contribution >= 4 is 39.0 Å². The van der Waals surface area contributed by atoms with Gasteiger partial charge in [-0.05, 0) is 36.8 Å². The number of alkyl halides is 3. The lowest BCUT2D eigenvalue weighted by molar-refractivity contribution is -0.137. The maximum absolute atomic E-state index is 12.7. The highest BCUT2D eigenvalue weighted by Crippen LogP contribution is 2.32. The summed E-state index contributed by atoms with van der Waals surface area (Å²) in [6, 6.07) is 12.0. The van der Waals surface area contributed by atoms with Gasteiger partial charge in [-0.1, -0.05) is 35.6 Å². The predicted molar refractivity (Wildman–Crippen MR) is 109 cm³/mol. The lowest BCUT2D eigenvalue weighted by Gasteiger charge is -2.09. The van der Waals surface area contributed by atoms with Crippen LogP contribution in [0.4, 0.5) is 24.7 Å². The third-order valence-corrected chi connectivity index (χ3v) is 5.42. The van der Waals surface area contributed by atoms with Crippen molar-refractivity contribution in [3.8, 4) is 0 Å². The standard InChI is InChI=1S/C21H15F3N4OS/c1-12(29)16-5-3-2-4-13(16)10-17-28-18-19(25-11-26-20(18)30-17)27-15-8-6-14(7-9-15)21(22,23)24/h2-9,11H,10H2,1H3,(H,25,26,27). The Hall–Kier alpha value is -3.33. The molecule has 0 amide bonds. The van der Waals surface area contributed by atoms with Gasteiger partial charge in [0.2, 0.25) is 0 Å². The first-order chi connectivity index (χ1) is 14.3. The predicted octanol–water partition coefficient (Wildman–Crippen LogP) is 5.64. The smallest absolute Gasteiger partial charge is 0.338 e. The number of fused-ring (bicyclic) bond motifs is 1. The first-order valence-corrected chi connectivity index (χ1v) is 9.76. The minimum atomic E-state index is -4.39. The van der Waals surface area contributed by atoms with E-state index in [1.54, 1.807) is 6.07 Å². The number of nitrogens with one attached hydrogen (secondary N) is 1. The van der Waals surface area contributed by atoms with Crippen molar-refractivity contribution in [2.24, 2.45) is 0 Å². The summed E-state index contributed by atoms with van der Waals surface area (Å²) in [4.78, 5) is 25.5. The summed E-state index contributed by atoms with van der Waals surface area (Å²) in [5, 5.41) is 3.76. The molecule has 0 spiro atoms. The number of thiazole rings is 1. The van der Waals surface area contributed by atoms with E-state index in [4.69, 9.17) is 0 Å². The molecule has 1 N–H and O–H groups in total. The number of halogens is 3. The van der Waals surface area contributed by atoms with E-state index >= 15 is 0 Å². The van der Waals surface area contributed by atoms with Crippen molar-refractivity contribution in [1.82, 2.24) is 15.0 Å². The van der Waals surface area contributed by atoms with Gasteiger partial charge in [-0.3, -0.25) is 4.79 Å².